The van der Waals surface area contributed by atoms with E-state index in [-0.39, 0.29) is 48.2 Å². The van der Waals surface area contributed by atoms with Crippen molar-refractivity contribution in [2.24, 2.45) is 5.92 Å². The highest BCUT2D eigenvalue weighted by Crippen LogP contribution is 2.44. The van der Waals surface area contributed by atoms with E-state index in [0.29, 0.717) is 11.5 Å². The van der Waals surface area contributed by atoms with Gasteiger partial charge >= 0.3 is 0 Å². The number of hydrogen-bond donors (Lipinski definition) is 2. The van der Waals surface area contributed by atoms with Gasteiger partial charge in [-0.1, -0.05) is 12.8 Å². The van der Waals surface area contributed by atoms with E-state index in [1.165, 1.54) is 32.1 Å². The van der Waals surface area contributed by atoms with Crippen molar-refractivity contribution in [2.45, 2.75) is 25.3 Å². The summed E-state index contributed by atoms with van der Waals surface area (Å²) in [5.41, 5.74) is 0.667. The van der Waals surface area contributed by atoms with E-state index in [1.54, 1.807) is 0 Å². The van der Waals surface area contributed by atoms with Crippen LogP contribution in [0.1, 0.15) is 30.9 Å². The van der Waals surface area contributed by atoms with Crippen LogP contribution in [0.4, 0.5) is 4.39 Å². The Bertz CT molecular complexity index is 509. The molecule has 2 fully saturated rings. The van der Waals surface area contributed by atoms with Crippen molar-refractivity contribution in [3.63, 3.8) is 0 Å². The third-order valence-corrected chi connectivity index (χ3v) is 4.49. The van der Waals surface area contributed by atoms with Crippen LogP contribution in [0.25, 0.3) is 0 Å². The van der Waals surface area contributed by atoms with E-state index in [2.05, 4.69) is 10.2 Å². The van der Waals surface area contributed by atoms with Crippen molar-refractivity contribution < 1.29 is 14.2 Å². The Morgan fingerprint density at radius 1 is 1.30 bits per heavy atom. The largest absolute Gasteiger partial charge is 0.504 e. The molecule has 2 aliphatic rings. The number of hydrogen-bond acceptors (Lipinski definition) is 4. The van der Waals surface area contributed by atoms with Gasteiger partial charge in [-0.25, -0.2) is 4.39 Å². The molecule has 2 N–H and O–H groups in total. The third kappa shape index (κ3) is 4.86. The second-order valence-electron chi connectivity index (χ2n) is 6.03. The average Bonchev–Trinajstić information content (AvgIpc) is 3.32. The van der Waals surface area contributed by atoms with Crippen LogP contribution in [0.15, 0.2) is 12.1 Å². The van der Waals surface area contributed by atoms with Crippen molar-refractivity contribution in [1.82, 2.24) is 10.2 Å². The van der Waals surface area contributed by atoms with E-state index in [0.717, 1.165) is 32.6 Å². The van der Waals surface area contributed by atoms with Crippen LogP contribution < -0.4 is 10.1 Å². The van der Waals surface area contributed by atoms with Gasteiger partial charge in [0.2, 0.25) is 0 Å². The molecule has 0 aromatic heterocycles. The number of aromatic hydroxyl groups is 1. The predicted octanol–water partition coefficient (Wildman–Crippen LogP) is 3.13. The molecule has 1 saturated heterocycles. The van der Waals surface area contributed by atoms with Crippen LogP contribution in [-0.2, 0) is 0 Å². The summed E-state index contributed by atoms with van der Waals surface area (Å²) in [6, 6.07) is 2.78. The molecule has 4 nitrogen and oxygen atoms in total. The standard InChI is InChI=1S/C16H23FN2O2.2ClH/c1-21-15-10-12(17)9-13(16(15)20)14(8-11-2-3-11)19-6-4-18-5-7-19;;/h9-11,14,18,20H,2-8H2,1H3;2*1H/t14-;;/m1../s1. The van der Waals surface area contributed by atoms with E-state index >= 15 is 0 Å². The fourth-order valence-electron chi connectivity index (χ4n) is 3.14. The second-order valence-corrected chi connectivity index (χ2v) is 6.03. The normalized spacial score (nSPS) is 19.4. The van der Waals surface area contributed by atoms with Gasteiger partial charge in [-0.15, -0.1) is 24.8 Å². The molecule has 3 rings (SSSR count). The summed E-state index contributed by atoms with van der Waals surface area (Å²) in [6.07, 6.45) is 3.48. The summed E-state index contributed by atoms with van der Waals surface area (Å²) >= 11 is 0. The lowest BCUT2D eigenvalue weighted by molar-refractivity contribution is 0.157. The molecule has 1 aliphatic heterocycles. The maximum absolute atomic E-state index is 13.9. The molecule has 132 valence electrons. The van der Waals surface area contributed by atoms with Crippen molar-refractivity contribution in [1.29, 1.82) is 0 Å². The minimum Gasteiger partial charge on any atom is -0.504 e. The maximum Gasteiger partial charge on any atom is 0.163 e. The molecule has 1 aromatic carbocycles. The molecular weight excluding hydrogens is 342 g/mol. The first-order valence-corrected chi connectivity index (χ1v) is 7.70. The molecule has 7 heteroatoms. The van der Waals surface area contributed by atoms with Crippen LogP contribution in [0, 0.1) is 11.7 Å². The molecule has 1 saturated carbocycles. The number of nitrogens with zero attached hydrogens (tertiary/aromatic N) is 1. The number of phenols is 1. The number of phenolic OH excluding ortho intramolecular Hbond substituents is 1. The molecule has 23 heavy (non-hydrogen) atoms. The van der Waals surface area contributed by atoms with Gasteiger partial charge in [0.25, 0.3) is 0 Å². The number of benzene rings is 1. The highest BCUT2D eigenvalue weighted by Gasteiger charge is 2.32. The zero-order chi connectivity index (χ0) is 14.8. The monoisotopic (exact) mass is 366 g/mol. The number of halogens is 3. The van der Waals surface area contributed by atoms with Crippen LogP contribution >= 0.6 is 24.8 Å². The smallest absolute Gasteiger partial charge is 0.163 e. The fourth-order valence-corrected chi connectivity index (χ4v) is 3.14. The molecule has 1 atom stereocenters. The molecule has 1 aliphatic carbocycles. The zero-order valence-electron chi connectivity index (χ0n) is 13.3. The van der Waals surface area contributed by atoms with Crippen molar-refractivity contribution >= 4 is 24.8 Å². The number of ether oxygens (including phenoxy) is 1. The first-order chi connectivity index (χ1) is 10.2. The van der Waals surface area contributed by atoms with Crippen molar-refractivity contribution in [3.8, 4) is 11.5 Å². The lowest BCUT2D eigenvalue weighted by Crippen LogP contribution is -2.45. The van der Waals surface area contributed by atoms with Crippen LogP contribution in [0.5, 0.6) is 11.5 Å². The lowest BCUT2D eigenvalue weighted by Gasteiger charge is -2.35. The van der Waals surface area contributed by atoms with E-state index in [1.807, 2.05) is 0 Å². The Hall–Kier alpha value is -0.750. The molecule has 0 radical (unpaired) electrons. The van der Waals surface area contributed by atoms with Crippen molar-refractivity contribution in [2.75, 3.05) is 33.3 Å². The Morgan fingerprint density at radius 3 is 2.52 bits per heavy atom. The van der Waals surface area contributed by atoms with E-state index in [4.69, 9.17) is 4.74 Å². The molecule has 0 amide bonds. The molecule has 0 spiro atoms. The summed E-state index contributed by atoms with van der Waals surface area (Å²) in [5, 5.41) is 13.7. The SMILES string of the molecule is COc1cc(F)cc([C@@H](CC2CC2)N2CCNCC2)c1O.Cl.Cl. The number of nitrogens with one attached hydrogen (secondary N) is 1. The van der Waals surface area contributed by atoms with Gasteiger partial charge in [0.15, 0.2) is 11.5 Å². The minimum absolute atomic E-state index is 0. The summed E-state index contributed by atoms with van der Waals surface area (Å²) in [6.45, 7) is 3.73. The summed E-state index contributed by atoms with van der Waals surface area (Å²) in [5.74, 6) is 0.665. The molecule has 0 unspecified atom stereocenters. The number of piperazine rings is 1. The fraction of sp³-hybridized carbons (Fsp3) is 0.625. The highest BCUT2D eigenvalue weighted by molar-refractivity contribution is 5.85. The van der Waals surface area contributed by atoms with Gasteiger partial charge in [0.1, 0.15) is 5.82 Å². The Balaban J connectivity index is 0.00000132. The second kappa shape index (κ2) is 8.92. The molecule has 1 heterocycles. The van der Waals surface area contributed by atoms with Crippen molar-refractivity contribution in [3.05, 3.63) is 23.5 Å². The summed E-state index contributed by atoms with van der Waals surface area (Å²) < 4.78 is 19.0. The lowest BCUT2D eigenvalue weighted by atomic mass is 9.97. The van der Waals surface area contributed by atoms with E-state index < -0.39 is 0 Å². The summed E-state index contributed by atoms with van der Waals surface area (Å²) in [4.78, 5) is 2.35. The molecule has 1 aromatic rings. The Morgan fingerprint density at radius 2 is 1.96 bits per heavy atom. The number of methoxy groups -OCH3 is 1. The Labute approximate surface area is 149 Å². The topological polar surface area (TPSA) is 44.7 Å². The van der Waals surface area contributed by atoms with Crippen LogP contribution in [-0.4, -0.2) is 43.3 Å². The third-order valence-electron chi connectivity index (χ3n) is 4.49. The highest BCUT2D eigenvalue weighted by atomic mass is 35.5. The Kier molecular flexibility index (Phi) is 7.87. The number of rotatable bonds is 5. The quantitative estimate of drug-likeness (QED) is 0.840. The van der Waals surface area contributed by atoms with E-state index in [9.17, 15) is 9.50 Å². The van der Waals surface area contributed by atoms with Gasteiger partial charge in [0.05, 0.1) is 7.11 Å². The zero-order valence-corrected chi connectivity index (χ0v) is 14.9. The van der Waals surface area contributed by atoms with Gasteiger partial charge in [0, 0.05) is 43.9 Å². The van der Waals surface area contributed by atoms with Crippen LogP contribution in [0.3, 0.4) is 0 Å². The first-order valence-electron chi connectivity index (χ1n) is 7.70. The van der Waals surface area contributed by atoms with Gasteiger partial charge in [-0.05, 0) is 18.4 Å². The van der Waals surface area contributed by atoms with Gasteiger partial charge < -0.3 is 15.2 Å². The van der Waals surface area contributed by atoms with Crippen LogP contribution in [0.2, 0.25) is 0 Å². The minimum atomic E-state index is -0.351. The van der Waals surface area contributed by atoms with Gasteiger partial charge in [-0.3, -0.25) is 4.90 Å². The predicted molar refractivity (Wildman–Crippen MR) is 93.6 cm³/mol. The maximum atomic E-state index is 13.9. The molecule has 0 bridgehead atoms. The first kappa shape index (κ1) is 20.3. The van der Waals surface area contributed by atoms with Gasteiger partial charge in [-0.2, -0.15) is 0 Å². The average molecular weight is 367 g/mol. The summed E-state index contributed by atoms with van der Waals surface area (Å²) in [7, 11) is 1.46. The molecular formula is C16H25Cl2FN2O2.